The first-order valence-corrected chi connectivity index (χ1v) is 26.1. The Labute approximate surface area is 447 Å². The van der Waals surface area contributed by atoms with E-state index in [4.69, 9.17) is 60.6 Å². The van der Waals surface area contributed by atoms with Crippen molar-refractivity contribution >= 4 is 51.4 Å². The molecule has 20 nitrogen and oxygen atoms in total. The van der Waals surface area contributed by atoms with Gasteiger partial charge in [0.25, 0.3) is 6.01 Å². The van der Waals surface area contributed by atoms with Crippen LogP contribution in [0.2, 0.25) is 5.02 Å². The number of H-pyrrole nitrogens is 1. The number of nitrogens with zero attached hydrogens (tertiary/aromatic N) is 7. The van der Waals surface area contributed by atoms with Crippen LogP contribution in [0.1, 0.15) is 31.7 Å². The van der Waals surface area contributed by atoms with Gasteiger partial charge in [0, 0.05) is 30.6 Å². The molecular formula is C56H57ClN10O10. The molecule has 0 bridgehead atoms. The summed E-state index contributed by atoms with van der Waals surface area (Å²) in [6.45, 7) is 3.36. The topological polar surface area (TPSA) is 245 Å². The summed E-state index contributed by atoms with van der Waals surface area (Å²) in [5.74, 6) is 2.31. The first-order chi connectivity index (χ1) is 37.7. The molecule has 21 heteroatoms. The van der Waals surface area contributed by atoms with Crippen LogP contribution >= 0.6 is 11.6 Å². The van der Waals surface area contributed by atoms with Gasteiger partial charge in [-0.1, -0.05) is 66.2 Å². The fourth-order valence-electron chi connectivity index (χ4n) is 9.80. The average molecular weight is 1070 g/mol. The number of rotatable bonds is 21. The molecule has 3 saturated heterocycles. The number of aromatic amines is 1. The van der Waals surface area contributed by atoms with Gasteiger partial charge in [-0.25, -0.2) is 19.6 Å². The van der Waals surface area contributed by atoms with Gasteiger partial charge in [0.1, 0.15) is 60.0 Å². The van der Waals surface area contributed by atoms with Crippen molar-refractivity contribution in [1.82, 2.24) is 44.9 Å². The van der Waals surface area contributed by atoms with Gasteiger partial charge in [-0.15, -0.1) is 0 Å². The Morgan fingerprint density at radius 2 is 1.47 bits per heavy atom. The zero-order valence-corrected chi connectivity index (χ0v) is 42.7. The molecule has 0 aliphatic carbocycles. The molecule has 11 rings (SSSR count). The number of piperidine rings is 1. The number of hydrogen-bond acceptors (Lipinski definition) is 16. The van der Waals surface area contributed by atoms with Crippen LogP contribution < -0.4 is 25.3 Å². The lowest BCUT2D eigenvalue weighted by Gasteiger charge is -2.33. The van der Waals surface area contributed by atoms with Gasteiger partial charge in [-0.2, -0.15) is 10.1 Å². The van der Waals surface area contributed by atoms with Crippen molar-refractivity contribution in [1.29, 1.82) is 0 Å². The second-order valence-corrected chi connectivity index (χ2v) is 19.3. The molecule has 3 aliphatic rings. The van der Waals surface area contributed by atoms with Gasteiger partial charge in [-0.05, 0) is 78.6 Å². The van der Waals surface area contributed by atoms with Crippen LogP contribution in [0, 0.1) is 0 Å². The van der Waals surface area contributed by atoms with E-state index in [-0.39, 0.29) is 69.2 Å². The number of hydrogen-bond donors (Lipinski definition) is 4. The maximum atomic E-state index is 13.3. The fraction of sp³-hybridized carbons (Fsp3) is 0.339. The molecule has 0 saturated carbocycles. The minimum Gasteiger partial charge on any atom is -0.492 e. The monoisotopic (exact) mass is 1060 g/mol. The number of pyridine rings is 1. The normalized spacial score (nSPS) is 19.1. The van der Waals surface area contributed by atoms with Crippen molar-refractivity contribution in [3.05, 3.63) is 121 Å². The molecule has 7 heterocycles. The number of likely N-dealkylation sites (tertiary alicyclic amines) is 1. The van der Waals surface area contributed by atoms with E-state index in [1.54, 1.807) is 6.07 Å². The summed E-state index contributed by atoms with van der Waals surface area (Å²) in [7, 11) is 0. The molecule has 3 fully saturated rings. The van der Waals surface area contributed by atoms with Gasteiger partial charge < -0.3 is 59.2 Å². The number of nitrogens with one attached hydrogen (secondary N) is 2. The van der Waals surface area contributed by atoms with Crippen molar-refractivity contribution in [2.75, 3.05) is 71.6 Å². The molecule has 4 aromatic carbocycles. The molecular weight excluding hydrogens is 1010 g/mol. The summed E-state index contributed by atoms with van der Waals surface area (Å²) in [6.07, 6.45) is 1.67. The van der Waals surface area contributed by atoms with E-state index in [2.05, 4.69) is 25.3 Å². The average Bonchev–Trinajstić information content (AvgIpc) is 4.36. The molecule has 5 atom stereocenters. The van der Waals surface area contributed by atoms with Crippen molar-refractivity contribution in [2.24, 2.45) is 0 Å². The summed E-state index contributed by atoms with van der Waals surface area (Å²) in [5, 5.41) is 19.1. The molecule has 3 aliphatic heterocycles. The van der Waals surface area contributed by atoms with E-state index >= 15 is 0 Å². The number of fused-ring (bicyclic) bond motifs is 3. The van der Waals surface area contributed by atoms with E-state index in [1.807, 2.05) is 113 Å². The zero-order chi connectivity index (χ0) is 52.7. The molecule has 77 heavy (non-hydrogen) atoms. The summed E-state index contributed by atoms with van der Waals surface area (Å²) < 4.78 is 42.5. The van der Waals surface area contributed by atoms with E-state index < -0.39 is 18.3 Å². The number of amides is 2. The number of aliphatic hydroxyl groups excluding tert-OH is 1. The highest BCUT2D eigenvalue weighted by Gasteiger charge is 2.48. The summed E-state index contributed by atoms with van der Waals surface area (Å²) in [6, 6.07) is 34.8. The highest BCUT2D eigenvalue weighted by Crippen LogP contribution is 2.37. The number of carbonyl (C=O) groups excluding carboxylic acids is 2. The predicted octanol–water partition coefficient (Wildman–Crippen LogP) is 7.20. The lowest BCUT2D eigenvalue weighted by Crippen LogP contribution is -2.41. The molecule has 3 unspecified atom stereocenters. The van der Waals surface area contributed by atoms with E-state index in [0.29, 0.717) is 95.4 Å². The largest absolute Gasteiger partial charge is 0.492 e. The zero-order valence-electron chi connectivity index (χ0n) is 42.0. The van der Waals surface area contributed by atoms with Crippen molar-refractivity contribution in [2.45, 2.75) is 56.1 Å². The van der Waals surface area contributed by atoms with Crippen LogP contribution in [0.15, 0.2) is 116 Å². The standard InChI is InChI=1S/C56H57ClN10O10/c57-42-29-43-54(64-56(62-43)77-45-32-75-51-44(68)31-74-52(45)51)63-49(42)36-10-8-34(9-11-36)35-12-16-39(17-13-35)73-26-22-59-46(69)20-24-71-27-28-72-25-21-47(70)66-23-4-5-38(30-66)67-55-48(53(58)60-33-61-55)50(65-67)37-14-18-41(19-15-37)76-40-6-2-1-3-7-40/h1-3,6-19,29,33,38,44-45,51-52,68H,4-5,20-28,30-32H2,(H,59,69)(H2,58,60,61)(H,62,63,64)/t38?,44?,45?,51-,52-/m1/s1. The second-order valence-electron chi connectivity index (χ2n) is 18.9. The number of halogens is 1. The number of anilines is 1. The molecule has 398 valence electrons. The number of aliphatic hydroxyl groups is 1. The fourth-order valence-corrected chi connectivity index (χ4v) is 10.1. The maximum Gasteiger partial charge on any atom is 0.296 e. The van der Waals surface area contributed by atoms with E-state index in [1.165, 1.54) is 6.33 Å². The number of benzene rings is 4. The highest BCUT2D eigenvalue weighted by molar-refractivity contribution is 6.33. The summed E-state index contributed by atoms with van der Waals surface area (Å²) in [5.41, 5.74) is 13.0. The Morgan fingerprint density at radius 1 is 0.779 bits per heavy atom. The number of aromatic nitrogens is 7. The van der Waals surface area contributed by atoms with Gasteiger partial charge in [-0.3, -0.25) is 9.59 Å². The van der Waals surface area contributed by atoms with Crippen molar-refractivity contribution in [3.8, 4) is 56.9 Å². The number of nitrogen functional groups attached to an aromatic ring is 1. The third kappa shape index (κ3) is 12.0. The lowest BCUT2D eigenvalue weighted by atomic mass is 10.0. The number of para-hydroxylation sites is 1. The third-order valence-corrected chi connectivity index (χ3v) is 14.0. The predicted molar refractivity (Wildman–Crippen MR) is 286 cm³/mol. The summed E-state index contributed by atoms with van der Waals surface area (Å²) >= 11 is 6.69. The lowest BCUT2D eigenvalue weighted by molar-refractivity contribution is -0.134. The quantitative estimate of drug-likeness (QED) is 0.0520. The smallest absolute Gasteiger partial charge is 0.296 e. The van der Waals surface area contributed by atoms with E-state index in [9.17, 15) is 14.7 Å². The molecule has 2 amide bonds. The number of nitrogens with two attached hydrogens (primary N) is 1. The molecule has 0 spiro atoms. The highest BCUT2D eigenvalue weighted by atomic mass is 35.5. The molecule has 0 radical (unpaired) electrons. The van der Waals surface area contributed by atoms with E-state index in [0.717, 1.165) is 40.8 Å². The van der Waals surface area contributed by atoms with Crippen LogP contribution in [0.5, 0.6) is 23.3 Å². The Balaban J connectivity index is 0.560. The van der Waals surface area contributed by atoms with Crippen molar-refractivity contribution in [3.63, 3.8) is 0 Å². The van der Waals surface area contributed by atoms with Crippen LogP contribution in [0.25, 0.3) is 55.8 Å². The van der Waals surface area contributed by atoms with Crippen LogP contribution in [0.3, 0.4) is 0 Å². The Hall–Kier alpha value is -7.72. The molecule has 5 N–H and O–H groups in total. The Morgan fingerprint density at radius 3 is 2.26 bits per heavy atom. The maximum absolute atomic E-state index is 13.3. The van der Waals surface area contributed by atoms with Crippen LogP contribution in [0.4, 0.5) is 5.82 Å². The first-order valence-electron chi connectivity index (χ1n) is 25.7. The van der Waals surface area contributed by atoms with Crippen molar-refractivity contribution < 1.29 is 47.9 Å². The van der Waals surface area contributed by atoms with Crippen LogP contribution in [-0.4, -0.2) is 147 Å². The first kappa shape index (κ1) is 51.4. The second kappa shape index (κ2) is 23.7. The Bertz CT molecular complexity index is 3310. The van der Waals surface area contributed by atoms with Gasteiger partial charge >= 0.3 is 0 Å². The minimum atomic E-state index is -0.669. The molecule has 8 aromatic rings. The van der Waals surface area contributed by atoms with Gasteiger partial charge in [0.2, 0.25) is 11.8 Å². The van der Waals surface area contributed by atoms with Crippen LogP contribution in [-0.2, 0) is 28.5 Å². The SMILES string of the molecule is Nc1ncnc2c1c(-c1ccc(Oc3ccccc3)cc1)nn2C1CCCN(C(=O)CCOCCOCCC(=O)NCCOc2ccc(-c3ccc(-c4nc5nc(OC6CO[C@@H]7C(O)CO[C@H]67)[nH]c5cc4Cl)cc3)cc2)C1. The number of ether oxygens (including phenoxy) is 7. The summed E-state index contributed by atoms with van der Waals surface area (Å²) in [4.78, 5) is 48.9. The number of imidazole rings is 1. The third-order valence-electron chi connectivity index (χ3n) is 13.7. The Kier molecular flexibility index (Phi) is 15.8. The van der Waals surface area contributed by atoms with Gasteiger partial charge in [0.15, 0.2) is 17.4 Å². The van der Waals surface area contributed by atoms with Gasteiger partial charge in [0.05, 0.1) is 80.3 Å². The number of carbonyl (C=O) groups is 2. The minimum absolute atomic E-state index is 0.00126. The molecule has 4 aromatic heterocycles.